The summed E-state index contributed by atoms with van der Waals surface area (Å²) in [7, 11) is 0. The Balaban J connectivity index is 2.28. The van der Waals surface area contributed by atoms with Crippen molar-refractivity contribution in [2.45, 2.75) is 18.8 Å². The van der Waals surface area contributed by atoms with Crippen molar-refractivity contribution in [3.63, 3.8) is 0 Å². The van der Waals surface area contributed by atoms with Crippen LogP contribution in [0.2, 0.25) is 0 Å². The van der Waals surface area contributed by atoms with E-state index in [4.69, 9.17) is 5.11 Å². The first-order valence-electron chi connectivity index (χ1n) is 5.11. The standard InChI is InChI=1S/C11H10N2O4/c14-9-2-1-7(10(15)13-9)8-5-6(11(16)17)3-4-12-8/h3-5,7H,1-2H2,(H,16,17)(H,13,14,15). The summed E-state index contributed by atoms with van der Waals surface area (Å²) in [4.78, 5) is 37.3. The number of carbonyl (C=O) groups excluding carboxylic acids is 2. The van der Waals surface area contributed by atoms with E-state index in [1.54, 1.807) is 0 Å². The van der Waals surface area contributed by atoms with Gasteiger partial charge in [0.05, 0.1) is 17.2 Å². The van der Waals surface area contributed by atoms with Crippen molar-refractivity contribution in [3.8, 4) is 0 Å². The highest BCUT2D eigenvalue weighted by atomic mass is 16.4. The molecule has 0 bridgehead atoms. The van der Waals surface area contributed by atoms with Crippen LogP contribution >= 0.6 is 0 Å². The van der Waals surface area contributed by atoms with Crippen LogP contribution in [0.4, 0.5) is 0 Å². The van der Waals surface area contributed by atoms with E-state index in [1.807, 2.05) is 0 Å². The normalized spacial score (nSPS) is 19.9. The Hall–Kier alpha value is -2.24. The summed E-state index contributed by atoms with van der Waals surface area (Å²) in [6.07, 6.45) is 1.96. The summed E-state index contributed by atoms with van der Waals surface area (Å²) in [5, 5.41) is 11.0. The summed E-state index contributed by atoms with van der Waals surface area (Å²) in [6.45, 7) is 0. The highest BCUT2D eigenvalue weighted by Gasteiger charge is 2.29. The fraction of sp³-hybridized carbons (Fsp3) is 0.273. The summed E-state index contributed by atoms with van der Waals surface area (Å²) < 4.78 is 0. The number of aromatic carboxylic acids is 1. The quantitative estimate of drug-likeness (QED) is 0.717. The molecule has 1 aliphatic heterocycles. The van der Waals surface area contributed by atoms with Gasteiger partial charge >= 0.3 is 5.97 Å². The predicted octanol–water partition coefficient (Wildman–Crippen LogP) is 0.300. The van der Waals surface area contributed by atoms with Gasteiger partial charge in [0.2, 0.25) is 11.8 Å². The molecule has 0 spiro atoms. The molecule has 0 saturated carbocycles. The molecule has 1 aromatic rings. The third-order valence-corrected chi connectivity index (χ3v) is 2.62. The van der Waals surface area contributed by atoms with E-state index in [2.05, 4.69) is 10.3 Å². The minimum Gasteiger partial charge on any atom is -0.478 e. The molecule has 88 valence electrons. The maximum Gasteiger partial charge on any atom is 0.335 e. The van der Waals surface area contributed by atoms with Crippen molar-refractivity contribution < 1.29 is 19.5 Å². The first-order valence-corrected chi connectivity index (χ1v) is 5.11. The van der Waals surface area contributed by atoms with E-state index in [0.717, 1.165) is 0 Å². The number of nitrogens with one attached hydrogen (secondary N) is 1. The lowest BCUT2D eigenvalue weighted by Gasteiger charge is -2.20. The zero-order valence-corrected chi connectivity index (χ0v) is 8.84. The molecule has 2 N–H and O–H groups in total. The van der Waals surface area contributed by atoms with Crippen LogP contribution in [0.5, 0.6) is 0 Å². The lowest BCUT2D eigenvalue weighted by Crippen LogP contribution is -2.39. The molecule has 6 heteroatoms. The summed E-state index contributed by atoms with van der Waals surface area (Å²) in [6, 6.07) is 2.72. The number of pyridine rings is 1. The largest absolute Gasteiger partial charge is 0.478 e. The molecular weight excluding hydrogens is 224 g/mol. The molecule has 2 amide bonds. The van der Waals surface area contributed by atoms with Gasteiger partial charge in [-0.15, -0.1) is 0 Å². The highest BCUT2D eigenvalue weighted by molar-refractivity contribution is 6.01. The molecule has 0 aliphatic carbocycles. The van der Waals surface area contributed by atoms with E-state index < -0.39 is 17.8 Å². The van der Waals surface area contributed by atoms with E-state index in [-0.39, 0.29) is 17.9 Å². The first kappa shape index (κ1) is 11.3. The number of hydrogen-bond donors (Lipinski definition) is 2. The Bertz CT molecular complexity index is 498. The fourth-order valence-corrected chi connectivity index (χ4v) is 1.75. The van der Waals surface area contributed by atoms with Gasteiger partial charge in [-0.25, -0.2) is 4.79 Å². The first-order chi connectivity index (χ1) is 8.08. The number of carboxylic acid groups (broad SMARTS) is 1. The van der Waals surface area contributed by atoms with Crippen molar-refractivity contribution in [1.29, 1.82) is 0 Å². The molecule has 2 rings (SSSR count). The van der Waals surface area contributed by atoms with Crippen LogP contribution in [0.3, 0.4) is 0 Å². The average molecular weight is 234 g/mol. The van der Waals surface area contributed by atoms with Crippen LogP contribution in [-0.2, 0) is 9.59 Å². The van der Waals surface area contributed by atoms with Gasteiger partial charge in [0.1, 0.15) is 0 Å². The number of carboxylic acids is 1. The molecule has 1 aliphatic rings. The van der Waals surface area contributed by atoms with E-state index in [1.165, 1.54) is 18.3 Å². The molecule has 1 unspecified atom stereocenters. The molecular formula is C11H10N2O4. The number of amides is 2. The van der Waals surface area contributed by atoms with Gasteiger partial charge in [-0.3, -0.25) is 19.9 Å². The second-order valence-corrected chi connectivity index (χ2v) is 3.78. The lowest BCUT2D eigenvalue weighted by atomic mass is 9.93. The van der Waals surface area contributed by atoms with Crippen LogP contribution in [0, 0.1) is 0 Å². The third kappa shape index (κ3) is 2.30. The third-order valence-electron chi connectivity index (χ3n) is 2.62. The van der Waals surface area contributed by atoms with E-state index >= 15 is 0 Å². The van der Waals surface area contributed by atoms with Crippen LogP contribution in [0.25, 0.3) is 0 Å². The molecule has 1 saturated heterocycles. The van der Waals surface area contributed by atoms with Gasteiger partial charge < -0.3 is 5.11 Å². The maximum absolute atomic E-state index is 11.6. The number of piperidine rings is 1. The second kappa shape index (κ2) is 4.32. The Morgan fingerprint density at radius 2 is 2.24 bits per heavy atom. The summed E-state index contributed by atoms with van der Waals surface area (Å²) in [5.41, 5.74) is 0.467. The van der Waals surface area contributed by atoms with Gasteiger partial charge in [0, 0.05) is 12.6 Å². The number of aromatic nitrogens is 1. The van der Waals surface area contributed by atoms with Crippen molar-refractivity contribution in [2.75, 3.05) is 0 Å². The van der Waals surface area contributed by atoms with Gasteiger partial charge in [-0.2, -0.15) is 0 Å². The van der Waals surface area contributed by atoms with Crippen molar-refractivity contribution in [3.05, 3.63) is 29.6 Å². The van der Waals surface area contributed by atoms with Crippen molar-refractivity contribution in [2.24, 2.45) is 0 Å². The smallest absolute Gasteiger partial charge is 0.335 e. The minimum absolute atomic E-state index is 0.0831. The minimum atomic E-state index is -1.07. The molecule has 6 nitrogen and oxygen atoms in total. The van der Waals surface area contributed by atoms with Crippen molar-refractivity contribution in [1.82, 2.24) is 10.3 Å². The molecule has 1 atom stereocenters. The van der Waals surface area contributed by atoms with E-state index in [0.29, 0.717) is 12.1 Å². The van der Waals surface area contributed by atoms with Crippen molar-refractivity contribution >= 4 is 17.8 Å². The summed E-state index contributed by atoms with van der Waals surface area (Å²) >= 11 is 0. The Morgan fingerprint density at radius 3 is 2.88 bits per heavy atom. The second-order valence-electron chi connectivity index (χ2n) is 3.78. The predicted molar refractivity (Wildman–Crippen MR) is 56.3 cm³/mol. The SMILES string of the molecule is O=C1CCC(c2cc(C(=O)O)ccn2)C(=O)N1. The molecule has 17 heavy (non-hydrogen) atoms. The monoisotopic (exact) mass is 234 g/mol. The number of nitrogens with zero attached hydrogens (tertiary/aromatic N) is 1. The van der Waals surface area contributed by atoms with Crippen LogP contribution in [-0.4, -0.2) is 27.9 Å². The zero-order valence-electron chi connectivity index (χ0n) is 8.84. The Morgan fingerprint density at radius 1 is 1.47 bits per heavy atom. The average Bonchev–Trinajstić information content (AvgIpc) is 2.29. The molecule has 1 fully saturated rings. The summed E-state index contributed by atoms with van der Waals surface area (Å²) in [5.74, 6) is -2.34. The Kier molecular flexibility index (Phi) is 2.86. The lowest BCUT2D eigenvalue weighted by molar-refractivity contribution is -0.134. The van der Waals surface area contributed by atoms with Crippen LogP contribution in [0.1, 0.15) is 34.8 Å². The van der Waals surface area contributed by atoms with Crippen LogP contribution < -0.4 is 5.32 Å². The van der Waals surface area contributed by atoms with Crippen LogP contribution in [0.15, 0.2) is 18.3 Å². The van der Waals surface area contributed by atoms with Gasteiger partial charge in [-0.1, -0.05) is 0 Å². The molecule has 2 heterocycles. The van der Waals surface area contributed by atoms with Gasteiger partial charge in [-0.05, 0) is 18.6 Å². The number of carbonyl (C=O) groups is 3. The highest BCUT2D eigenvalue weighted by Crippen LogP contribution is 2.23. The van der Waals surface area contributed by atoms with E-state index in [9.17, 15) is 14.4 Å². The number of hydrogen-bond acceptors (Lipinski definition) is 4. The topological polar surface area (TPSA) is 96.4 Å². The Labute approximate surface area is 96.7 Å². The molecule has 0 radical (unpaired) electrons. The van der Waals surface area contributed by atoms with Gasteiger partial charge in [0.25, 0.3) is 0 Å². The number of rotatable bonds is 2. The fourth-order valence-electron chi connectivity index (χ4n) is 1.75. The molecule has 0 aromatic carbocycles. The zero-order chi connectivity index (χ0) is 12.4. The molecule has 1 aromatic heterocycles. The van der Waals surface area contributed by atoms with Gasteiger partial charge in [0.15, 0.2) is 0 Å². The maximum atomic E-state index is 11.6. The number of imide groups is 1.